The molecular weight excluding hydrogens is 124 g/mol. The van der Waals surface area contributed by atoms with E-state index in [9.17, 15) is 0 Å². The van der Waals surface area contributed by atoms with Gasteiger partial charge in [0.25, 0.3) is 0 Å². The molecule has 0 spiro atoms. The molecule has 0 saturated heterocycles. The molecule has 1 aromatic carbocycles. The van der Waals surface area contributed by atoms with Gasteiger partial charge in [-0.25, -0.2) is 0 Å². The van der Waals surface area contributed by atoms with Crippen molar-refractivity contribution in [1.82, 2.24) is 0 Å². The van der Waals surface area contributed by atoms with Crippen molar-refractivity contribution in [3.8, 4) is 5.75 Å². The predicted octanol–water partition coefficient (Wildman–Crippen LogP) is 2.01. The lowest BCUT2D eigenvalue weighted by Gasteiger charge is -2.15. The lowest BCUT2D eigenvalue weighted by molar-refractivity contribution is 0.288. The predicted molar refractivity (Wildman–Crippen MR) is 40.3 cm³/mol. The van der Waals surface area contributed by atoms with E-state index in [2.05, 4.69) is 0 Å². The summed E-state index contributed by atoms with van der Waals surface area (Å²) >= 11 is 0. The first-order valence-corrected chi connectivity index (χ1v) is 3.59. The highest BCUT2D eigenvalue weighted by Crippen LogP contribution is 2.22. The number of benzene rings is 1. The molecular formula is C9H10O. The van der Waals surface area contributed by atoms with Crippen LogP contribution < -0.4 is 4.74 Å². The molecule has 52 valence electrons. The van der Waals surface area contributed by atoms with E-state index in [4.69, 9.17) is 6.11 Å². The minimum atomic E-state index is 0.516. The van der Waals surface area contributed by atoms with Crippen LogP contribution >= 0.6 is 0 Å². The number of ether oxygens (including phenoxy) is 1. The Balaban J connectivity index is 2.49. The molecule has 0 radical (unpaired) electrons. The van der Waals surface area contributed by atoms with Crippen LogP contribution in [0.5, 0.6) is 5.75 Å². The van der Waals surface area contributed by atoms with Crippen molar-refractivity contribution in [3.63, 3.8) is 0 Å². The maximum absolute atomic E-state index is 7.52. The van der Waals surface area contributed by atoms with Crippen LogP contribution in [0.1, 0.15) is 13.4 Å². The quantitative estimate of drug-likeness (QED) is 0.528. The molecule has 0 aliphatic carbocycles. The second-order valence-corrected chi connectivity index (χ2v) is 2.48. The Morgan fingerprint density at radius 1 is 1.50 bits per heavy atom. The van der Waals surface area contributed by atoms with Crippen LogP contribution in [0.2, 0.25) is 0 Å². The third-order valence-corrected chi connectivity index (χ3v) is 1.74. The smallest absolute Gasteiger partial charge is 0.122 e. The summed E-state index contributed by atoms with van der Waals surface area (Å²) in [5.41, 5.74) is 1.18. The number of rotatable bonds is 0. The first-order chi connectivity index (χ1) is 5.38. The maximum Gasteiger partial charge on any atom is 0.122 e. The van der Waals surface area contributed by atoms with Gasteiger partial charge in [-0.05, 0) is 24.4 Å². The molecule has 1 heterocycles. The third kappa shape index (κ3) is 0.878. The van der Waals surface area contributed by atoms with Crippen molar-refractivity contribution < 1.29 is 6.11 Å². The Bertz CT molecular complexity index is 270. The summed E-state index contributed by atoms with van der Waals surface area (Å²) in [5.74, 6) is 0.791. The summed E-state index contributed by atoms with van der Waals surface area (Å²) < 4.78 is 12.9. The zero-order valence-corrected chi connectivity index (χ0v) is 5.76. The number of aryl methyl sites for hydroxylation is 1. The maximum atomic E-state index is 7.52. The van der Waals surface area contributed by atoms with E-state index in [1.807, 2.05) is 12.1 Å². The molecule has 0 atom stereocenters. The first kappa shape index (κ1) is 4.78. The van der Waals surface area contributed by atoms with Gasteiger partial charge in [-0.3, -0.25) is 0 Å². The molecule has 1 aromatic rings. The standard InChI is InChI=1S/C9H10O/c1-2-6-9-8(4-1)5-3-7-10-9/h1-2,4,6H,3,5,7H2/i6D. The van der Waals surface area contributed by atoms with Gasteiger partial charge >= 0.3 is 0 Å². The van der Waals surface area contributed by atoms with Crippen LogP contribution in [0, 0.1) is 0 Å². The minimum Gasteiger partial charge on any atom is -0.493 e. The van der Waals surface area contributed by atoms with Crippen molar-refractivity contribution in [2.24, 2.45) is 0 Å². The largest absolute Gasteiger partial charge is 0.493 e. The Hall–Kier alpha value is -0.980. The number of hydrogen-bond acceptors (Lipinski definition) is 1. The number of hydrogen-bond donors (Lipinski definition) is 0. The fraction of sp³-hybridized carbons (Fsp3) is 0.333. The van der Waals surface area contributed by atoms with Gasteiger partial charge in [-0.15, -0.1) is 0 Å². The van der Waals surface area contributed by atoms with Gasteiger partial charge in [-0.1, -0.05) is 18.2 Å². The molecule has 2 rings (SSSR count). The lowest BCUT2D eigenvalue weighted by Crippen LogP contribution is -2.07. The Morgan fingerprint density at radius 3 is 3.40 bits per heavy atom. The van der Waals surface area contributed by atoms with E-state index in [-0.39, 0.29) is 0 Å². The zero-order valence-electron chi connectivity index (χ0n) is 6.76. The molecule has 1 aliphatic rings. The third-order valence-electron chi connectivity index (χ3n) is 1.74. The topological polar surface area (TPSA) is 9.23 Å². The van der Waals surface area contributed by atoms with Crippen molar-refractivity contribution in [2.75, 3.05) is 6.61 Å². The van der Waals surface area contributed by atoms with Crippen LogP contribution in [0.15, 0.2) is 24.2 Å². The number of para-hydroxylation sites is 1. The molecule has 1 aliphatic heterocycles. The molecule has 0 saturated carbocycles. The minimum absolute atomic E-state index is 0.516. The second-order valence-electron chi connectivity index (χ2n) is 2.48. The van der Waals surface area contributed by atoms with Gasteiger partial charge < -0.3 is 4.74 Å². The molecule has 1 nitrogen and oxygen atoms in total. The first-order valence-electron chi connectivity index (χ1n) is 4.09. The number of fused-ring (bicyclic) bond motifs is 1. The van der Waals surface area contributed by atoms with Gasteiger partial charge in [0.15, 0.2) is 0 Å². The molecule has 0 amide bonds. The van der Waals surface area contributed by atoms with Gasteiger partial charge in [0.05, 0.1) is 7.98 Å². The molecule has 0 N–H and O–H groups in total. The average Bonchev–Trinajstić information content (AvgIpc) is 2.06. The van der Waals surface area contributed by atoms with E-state index >= 15 is 0 Å². The second kappa shape index (κ2) is 2.33. The van der Waals surface area contributed by atoms with Crippen LogP contribution in [0.25, 0.3) is 0 Å². The lowest BCUT2D eigenvalue weighted by atomic mass is 10.1. The van der Waals surface area contributed by atoms with Crippen molar-refractivity contribution in [1.29, 1.82) is 0 Å². The highest BCUT2D eigenvalue weighted by atomic mass is 16.5. The molecule has 1 heteroatoms. The molecule has 0 aromatic heterocycles. The zero-order chi connectivity index (χ0) is 7.68. The fourth-order valence-corrected chi connectivity index (χ4v) is 1.22. The van der Waals surface area contributed by atoms with Crippen LogP contribution in [0.4, 0.5) is 0 Å². The normalized spacial score (nSPS) is 17.0. The van der Waals surface area contributed by atoms with Gasteiger partial charge in [0, 0.05) is 0 Å². The van der Waals surface area contributed by atoms with Gasteiger partial charge in [0.2, 0.25) is 0 Å². The van der Waals surface area contributed by atoms with E-state index in [0.717, 1.165) is 25.2 Å². The molecule has 0 bridgehead atoms. The summed E-state index contributed by atoms with van der Waals surface area (Å²) in [5, 5.41) is 0. The van der Waals surface area contributed by atoms with Gasteiger partial charge in [0.1, 0.15) is 5.75 Å². The van der Waals surface area contributed by atoms with Crippen molar-refractivity contribution >= 4 is 0 Å². The summed E-state index contributed by atoms with van der Waals surface area (Å²) in [6, 6.07) is 6.23. The Morgan fingerprint density at radius 2 is 2.50 bits per heavy atom. The van der Waals surface area contributed by atoms with Crippen LogP contribution in [0.3, 0.4) is 0 Å². The van der Waals surface area contributed by atoms with Crippen molar-refractivity contribution in [3.05, 3.63) is 29.8 Å². The fourth-order valence-electron chi connectivity index (χ4n) is 1.22. The van der Waals surface area contributed by atoms with E-state index in [1.165, 1.54) is 5.56 Å². The highest BCUT2D eigenvalue weighted by Gasteiger charge is 2.06. The average molecular weight is 135 g/mol. The van der Waals surface area contributed by atoms with E-state index in [0.29, 0.717) is 6.04 Å². The van der Waals surface area contributed by atoms with E-state index in [1.54, 1.807) is 6.07 Å². The van der Waals surface area contributed by atoms with Crippen LogP contribution in [-0.4, -0.2) is 6.61 Å². The molecule has 0 unspecified atom stereocenters. The Kier molecular flexibility index (Phi) is 1.11. The summed E-state index contributed by atoms with van der Waals surface area (Å²) in [6.07, 6.45) is 2.14. The SMILES string of the molecule is [2H]c1cccc2c1OCCC2. The summed E-state index contributed by atoms with van der Waals surface area (Å²) in [7, 11) is 0. The van der Waals surface area contributed by atoms with Crippen molar-refractivity contribution in [2.45, 2.75) is 12.8 Å². The van der Waals surface area contributed by atoms with Gasteiger partial charge in [-0.2, -0.15) is 0 Å². The summed E-state index contributed by atoms with van der Waals surface area (Å²) in [4.78, 5) is 0. The monoisotopic (exact) mass is 135 g/mol. The molecule has 0 fully saturated rings. The Labute approximate surface area is 62.0 Å². The highest BCUT2D eigenvalue weighted by molar-refractivity contribution is 5.34. The summed E-state index contributed by atoms with van der Waals surface area (Å²) in [6.45, 7) is 0.767. The molecule has 10 heavy (non-hydrogen) atoms. The van der Waals surface area contributed by atoms with E-state index < -0.39 is 0 Å². The van der Waals surface area contributed by atoms with Crippen LogP contribution in [-0.2, 0) is 6.42 Å².